The fraction of sp³-hybridized carbons (Fsp3) is 0.209. The number of aliphatic imine (C=N–C) groups is 1. The summed E-state index contributed by atoms with van der Waals surface area (Å²) in [5, 5.41) is 4.68. The van der Waals surface area contributed by atoms with Crippen LogP contribution in [-0.2, 0) is 11.4 Å². The molecular weight excluding hydrogens is 709 g/mol. The molecule has 0 saturated carbocycles. The molecule has 5 aromatic rings. The van der Waals surface area contributed by atoms with Gasteiger partial charge in [-0.3, -0.25) is 4.79 Å². The molecule has 0 aromatic heterocycles. The highest BCUT2D eigenvalue weighted by molar-refractivity contribution is 8.18. The van der Waals surface area contributed by atoms with Gasteiger partial charge in [-0.25, -0.2) is 4.99 Å². The van der Waals surface area contributed by atoms with Crippen LogP contribution >= 0.6 is 35.0 Å². The Hall–Kier alpha value is -4.69. The molecule has 5 aromatic carbocycles. The molecule has 1 amide bonds. The maximum Gasteiger partial charge on any atom is 0.264 e. The second kappa shape index (κ2) is 15.1. The Morgan fingerprint density at radius 1 is 0.827 bits per heavy atom. The van der Waals surface area contributed by atoms with Gasteiger partial charge < -0.3 is 19.7 Å². The van der Waals surface area contributed by atoms with Crippen LogP contribution in [-0.4, -0.2) is 30.8 Å². The average molecular weight is 747 g/mol. The van der Waals surface area contributed by atoms with Crippen LogP contribution in [0.2, 0.25) is 10.0 Å². The summed E-state index contributed by atoms with van der Waals surface area (Å²) in [6, 6.07) is 37.0. The summed E-state index contributed by atoms with van der Waals surface area (Å²) in [4.78, 5) is 21.5. The third kappa shape index (κ3) is 7.18. The molecule has 1 saturated heterocycles. The van der Waals surface area contributed by atoms with Crippen LogP contribution in [0.15, 0.2) is 119 Å². The number of nitrogens with one attached hydrogen (secondary N) is 1. The minimum atomic E-state index is -0.186. The van der Waals surface area contributed by atoms with E-state index < -0.39 is 0 Å². The van der Waals surface area contributed by atoms with Gasteiger partial charge in [0.25, 0.3) is 5.91 Å². The zero-order chi connectivity index (χ0) is 35.6. The lowest BCUT2D eigenvalue weighted by Crippen LogP contribution is -2.37. The van der Waals surface area contributed by atoms with Crippen molar-refractivity contribution in [3.63, 3.8) is 0 Å². The summed E-state index contributed by atoms with van der Waals surface area (Å²) in [5.41, 5.74) is 9.09. The lowest BCUT2D eigenvalue weighted by Gasteiger charge is -2.43. The molecule has 52 heavy (non-hydrogen) atoms. The fourth-order valence-electron chi connectivity index (χ4n) is 7.45. The fourth-order valence-corrected chi connectivity index (χ4v) is 8.75. The number of halogens is 2. The summed E-state index contributed by atoms with van der Waals surface area (Å²) in [6.07, 6.45) is 3.96. The van der Waals surface area contributed by atoms with Crippen molar-refractivity contribution in [2.75, 3.05) is 24.6 Å². The number of benzene rings is 5. The van der Waals surface area contributed by atoms with Crippen LogP contribution in [0.1, 0.15) is 65.0 Å². The minimum absolute atomic E-state index is 0.186. The number of hydrogen-bond acceptors (Lipinski definition) is 6. The molecule has 1 fully saturated rings. The summed E-state index contributed by atoms with van der Waals surface area (Å²) in [6.45, 7) is 4.70. The zero-order valence-electron chi connectivity index (χ0n) is 28.7. The maximum absolute atomic E-state index is 13.3. The first-order valence-electron chi connectivity index (χ1n) is 17.6. The smallest absolute Gasteiger partial charge is 0.264 e. The second-order valence-electron chi connectivity index (χ2n) is 13.1. The first-order chi connectivity index (χ1) is 25.4. The van der Waals surface area contributed by atoms with Gasteiger partial charge in [0.1, 0.15) is 6.61 Å². The lowest BCUT2D eigenvalue weighted by molar-refractivity contribution is -0.115. The minimum Gasteiger partial charge on any atom is -0.490 e. The van der Waals surface area contributed by atoms with E-state index in [1.165, 1.54) is 39.7 Å². The van der Waals surface area contributed by atoms with Crippen LogP contribution in [0.3, 0.4) is 0 Å². The number of amides is 1. The Morgan fingerprint density at radius 3 is 2.13 bits per heavy atom. The highest BCUT2D eigenvalue weighted by atomic mass is 35.5. The van der Waals surface area contributed by atoms with E-state index in [-0.39, 0.29) is 24.3 Å². The van der Waals surface area contributed by atoms with Gasteiger partial charge in [-0.15, -0.1) is 0 Å². The SMILES string of the molecule is CCOc1cc(/C=C2\SC(=Nc3cc4c5c(c3)[C@H](c3ccccc3)CCN5CC[C@@H]4c3ccccc3)NC2=O)ccc1OCc1ccc(Cl)cc1Cl. The second-order valence-corrected chi connectivity index (χ2v) is 15.0. The van der Waals surface area contributed by atoms with Gasteiger partial charge in [0.15, 0.2) is 16.7 Å². The van der Waals surface area contributed by atoms with Crippen LogP contribution in [0.25, 0.3) is 6.08 Å². The molecule has 3 aliphatic rings. The number of amidine groups is 1. The van der Waals surface area contributed by atoms with Gasteiger partial charge in [0.05, 0.1) is 17.2 Å². The third-order valence-electron chi connectivity index (χ3n) is 9.85. The Bertz CT molecular complexity index is 2120. The van der Waals surface area contributed by atoms with E-state index in [0.29, 0.717) is 38.2 Å². The van der Waals surface area contributed by atoms with Crippen LogP contribution in [0.5, 0.6) is 11.5 Å². The van der Waals surface area contributed by atoms with Gasteiger partial charge in [-0.2, -0.15) is 0 Å². The topological polar surface area (TPSA) is 63.2 Å². The largest absolute Gasteiger partial charge is 0.490 e. The van der Waals surface area contributed by atoms with Crippen molar-refractivity contribution in [1.82, 2.24) is 5.32 Å². The van der Waals surface area contributed by atoms with Crippen molar-refractivity contribution < 1.29 is 14.3 Å². The molecule has 0 unspecified atom stereocenters. The molecule has 0 spiro atoms. The number of hydrogen-bond donors (Lipinski definition) is 1. The number of anilines is 1. The predicted octanol–water partition coefficient (Wildman–Crippen LogP) is 10.7. The van der Waals surface area contributed by atoms with Gasteiger partial charge in [-0.05, 0) is 102 Å². The van der Waals surface area contributed by atoms with Crippen molar-refractivity contribution in [2.24, 2.45) is 4.99 Å². The number of carbonyl (C=O) groups excluding carboxylic acids is 1. The average Bonchev–Trinajstić information content (AvgIpc) is 3.50. The van der Waals surface area contributed by atoms with Crippen molar-refractivity contribution in [1.29, 1.82) is 0 Å². The Labute approximate surface area is 318 Å². The van der Waals surface area contributed by atoms with Crippen LogP contribution in [0.4, 0.5) is 11.4 Å². The first-order valence-corrected chi connectivity index (χ1v) is 19.2. The monoisotopic (exact) mass is 745 g/mol. The number of thioether (sulfide) groups is 1. The first kappa shape index (κ1) is 34.4. The normalized spacial score (nSPS) is 19.4. The van der Waals surface area contributed by atoms with E-state index in [0.717, 1.165) is 42.7 Å². The highest BCUT2D eigenvalue weighted by Gasteiger charge is 2.35. The van der Waals surface area contributed by atoms with E-state index in [9.17, 15) is 4.79 Å². The predicted molar refractivity (Wildman–Crippen MR) is 214 cm³/mol. The zero-order valence-corrected chi connectivity index (χ0v) is 31.0. The summed E-state index contributed by atoms with van der Waals surface area (Å²) >= 11 is 13.8. The molecule has 9 heteroatoms. The lowest BCUT2D eigenvalue weighted by atomic mass is 9.76. The number of rotatable bonds is 9. The quantitative estimate of drug-likeness (QED) is 0.152. The van der Waals surface area contributed by atoms with Crippen LogP contribution < -0.4 is 19.7 Å². The maximum atomic E-state index is 13.3. The van der Waals surface area contributed by atoms with Crippen molar-refractivity contribution in [3.8, 4) is 11.5 Å². The summed E-state index contributed by atoms with van der Waals surface area (Å²) in [5.74, 6) is 1.53. The van der Waals surface area contributed by atoms with E-state index in [4.69, 9.17) is 37.7 Å². The number of ether oxygens (including phenoxy) is 2. The third-order valence-corrected chi connectivity index (χ3v) is 11.3. The Kier molecular flexibility index (Phi) is 10.00. The van der Waals surface area contributed by atoms with E-state index in [2.05, 4.69) is 83.0 Å². The van der Waals surface area contributed by atoms with Gasteiger partial charge in [0.2, 0.25) is 0 Å². The molecule has 3 heterocycles. The van der Waals surface area contributed by atoms with E-state index in [1.807, 2.05) is 37.3 Å². The van der Waals surface area contributed by atoms with Crippen molar-refractivity contribution >= 4 is 63.5 Å². The summed E-state index contributed by atoms with van der Waals surface area (Å²) in [7, 11) is 0. The van der Waals surface area contributed by atoms with Gasteiger partial charge in [-0.1, -0.05) is 96.0 Å². The molecule has 1 N–H and O–H groups in total. The molecule has 0 radical (unpaired) electrons. The molecular formula is C43H37Cl2N3O3S. The number of carbonyl (C=O) groups is 1. The van der Waals surface area contributed by atoms with Crippen molar-refractivity contribution in [3.05, 3.63) is 158 Å². The van der Waals surface area contributed by atoms with E-state index >= 15 is 0 Å². The van der Waals surface area contributed by atoms with E-state index in [1.54, 1.807) is 12.1 Å². The molecule has 3 aliphatic heterocycles. The Morgan fingerprint density at radius 2 is 1.50 bits per heavy atom. The molecule has 0 aliphatic carbocycles. The van der Waals surface area contributed by atoms with Gasteiger partial charge in [0, 0.05) is 46.2 Å². The number of nitrogens with zero attached hydrogens (tertiary/aromatic N) is 2. The standard InChI is InChI=1S/C43H37Cl2N3O3S/c1-2-50-39-21-27(13-16-38(39)51-26-30-14-15-31(44)23-37(30)45)22-40-42(49)47-43(52-40)46-32-24-35-33(28-9-5-3-6-10-28)17-19-48-20-18-34(36(25-32)41(35)48)29-11-7-4-8-12-29/h3-16,21-25,33-34H,2,17-20,26H2,1H3,(H,46,47,49)/b40-22-/t33-,34+. The van der Waals surface area contributed by atoms with Gasteiger partial charge >= 0.3 is 0 Å². The molecule has 8 rings (SSSR count). The molecule has 6 nitrogen and oxygen atoms in total. The van der Waals surface area contributed by atoms with Crippen molar-refractivity contribution in [2.45, 2.75) is 38.2 Å². The van der Waals surface area contributed by atoms with Crippen LogP contribution in [0, 0.1) is 0 Å². The molecule has 262 valence electrons. The Balaban J connectivity index is 1.09. The molecule has 2 atom stereocenters. The highest BCUT2D eigenvalue weighted by Crippen LogP contribution is 2.50. The summed E-state index contributed by atoms with van der Waals surface area (Å²) < 4.78 is 12.0. The molecule has 0 bridgehead atoms.